The van der Waals surface area contributed by atoms with Crippen LogP contribution in [0.15, 0.2) is 54.6 Å². The minimum absolute atomic E-state index is 0. The molecule has 1 fully saturated rings. The number of nitrogens with one attached hydrogen (secondary N) is 2. The fourth-order valence-corrected chi connectivity index (χ4v) is 3.07. The number of amides is 1. The second-order valence-electron chi connectivity index (χ2n) is 6.24. The van der Waals surface area contributed by atoms with E-state index in [1.807, 2.05) is 30.3 Å². The average Bonchev–Trinajstić information content (AvgIpc) is 3.10. The molecule has 0 bridgehead atoms. The third-order valence-corrected chi connectivity index (χ3v) is 4.46. The standard InChI is InChI=1S/C20H24N2O.ClH/c23-20(22-13-11-17-10-12-21-15-17)14-16-6-8-19(9-7-16)18-4-2-1-3-5-18;/h1-9,17,21H,10-15H2,(H,22,23);1H. The third-order valence-electron chi connectivity index (χ3n) is 4.46. The van der Waals surface area contributed by atoms with E-state index in [0.717, 1.165) is 37.5 Å². The van der Waals surface area contributed by atoms with Gasteiger partial charge in [0.2, 0.25) is 5.91 Å². The van der Waals surface area contributed by atoms with Gasteiger partial charge in [0.1, 0.15) is 0 Å². The average molecular weight is 345 g/mol. The maximum Gasteiger partial charge on any atom is 0.224 e. The minimum Gasteiger partial charge on any atom is -0.356 e. The zero-order chi connectivity index (χ0) is 15.9. The molecule has 3 nitrogen and oxygen atoms in total. The van der Waals surface area contributed by atoms with Gasteiger partial charge in [-0.2, -0.15) is 0 Å². The minimum atomic E-state index is 0. The number of carbonyl (C=O) groups excluding carboxylic acids is 1. The molecule has 0 aliphatic carbocycles. The van der Waals surface area contributed by atoms with Gasteiger partial charge in [0.15, 0.2) is 0 Å². The predicted molar refractivity (Wildman–Crippen MR) is 101 cm³/mol. The van der Waals surface area contributed by atoms with Crippen molar-refractivity contribution in [2.24, 2.45) is 5.92 Å². The van der Waals surface area contributed by atoms with Gasteiger partial charge in [0, 0.05) is 6.54 Å². The molecule has 0 aromatic heterocycles. The Bertz CT molecular complexity index is 622. The Morgan fingerprint density at radius 3 is 2.42 bits per heavy atom. The van der Waals surface area contributed by atoms with E-state index in [0.29, 0.717) is 6.42 Å². The Hall–Kier alpha value is -1.84. The van der Waals surface area contributed by atoms with Crippen LogP contribution in [-0.2, 0) is 11.2 Å². The van der Waals surface area contributed by atoms with E-state index in [2.05, 4.69) is 34.9 Å². The van der Waals surface area contributed by atoms with Crippen LogP contribution < -0.4 is 10.6 Å². The summed E-state index contributed by atoms with van der Waals surface area (Å²) in [5.41, 5.74) is 3.45. The van der Waals surface area contributed by atoms with E-state index in [1.54, 1.807) is 0 Å². The summed E-state index contributed by atoms with van der Waals surface area (Å²) in [6.07, 6.45) is 2.76. The summed E-state index contributed by atoms with van der Waals surface area (Å²) in [5.74, 6) is 0.837. The van der Waals surface area contributed by atoms with Crippen molar-refractivity contribution in [3.8, 4) is 11.1 Å². The van der Waals surface area contributed by atoms with Gasteiger partial charge in [-0.25, -0.2) is 0 Å². The van der Waals surface area contributed by atoms with E-state index in [9.17, 15) is 4.79 Å². The summed E-state index contributed by atoms with van der Waals surface area (Å²) in [7, 11) is 0. The Morgan fingerprint density at radius 1 is 1.04 bits per heavy atom. The fourth-order valence-electron chi connectivity index (χ4n) is 3.07. The molecule has 1 unspecified atom stereocenters. The van der Waals surface area contributed by atoms with Crippen LogP contribution in [0.4, 0.5) is 0 Å². The van der Waals surface area contributed by atoms with Crippen LogP contribution in [0.1, 0.15) is 18.4 Å². The van der Waals surface area contributed by atoms with Crippen molar-refractivity contribution in [1.29, 1.82) is 0 Å². The van der Waals surface area contributed by atoms with Crippen LogP contribution in [0, 0.1) is 5.92 Å². The molecular weight excluding hydrogens is 320 g/mol. The molecule has 1 aliphatic rings. The van der Waals surface area contributed by atoms with E-state index in [4.69, 9.17) is 0 Å². The van der Waals surface area contributed by atoms with Crippen molar-refractivity contribution < 1.29 is 4.79 Å². The number of halogens is 1. The van der Waals surface area contributed by atoms with Gasteiger partial charge >= 0.3 is 0 Å². The van der Waals surface area contributed by atoms with Crippen molar-refractivity contribution in [3.05, 3.63) is 60.2 Å². The van der Waals surface area contributed by atoms with Crippen molar-refractivity contribution in [1.82, 2.24) is 10.6 Å². The fraction of sp³-hybridized carbons (Fsp3) is 0.350. The maximum absolute atomic E-state index is 12.0. The Labute approximate surface area is 150 Å². The summed E-state index contributed by atoms with van der Waals surface area (Å²) in [6, 6.07) is 18.5. The van der Waals surface area contributed by atoms with E-state index >= 15 is 0 Å². The molecular formula is C20H25ClN2O. The number of carbonyl (C=O) groups is 1. The molecule has 2 N–H and O–H groups in total. The number of hydrogen-bond acceptors (Lipinski definition) is 2. The monoisotopic (exact) mass is 344 g/mol. The lowest BCUT2D eigenvalue weighted by atomic mass is 10.0. The molecule has 0 spiro atoms. The summed E-state index contributed by atoms with van der Waals surface area (Å²) in [4.78, 5) is 12.0. The molecule has 1 amide bonds. The largest absolute Gasteiger partial charge is 0.356 e. The van der Waals surface area contributed by atoms with Gasteiger partial charge in [-0.3, -0.25) is 4.79 Å². The highest BCUT2D eigenvalue weighted by molar-refractivity contribution is 5.85. The smallest absolute Gasteiger partial charge is 0.224 e. The van der Waals surface area contributed by atoms with E-state index in [1.165, 1.54) is 17.5 Å². The molecule has 128 valence electrons. The summed E-state index contributed by atoms with van der Waals surface area (Å²) in [6.45, 7) is 3.00. The summed E-state index contributed by atoms with van der Waals surface area (Å²) < 4.78 is 0. The van der Waals surface area contributed by atoms with Crippen molar-refractivity contribution in [3.63, 3.8) is 0 Å². The molecule has 0 radical (unpaired) electrons. The van der Waals surface area contributed by atoms with Gasteiger partial charge in [-0.1, -0.05) is 54.6 Å². The SMILES string of the molecule is Cl.O=C(Cc1ccc(-c2ccccc2)cc1)NCCC1CCNC1. The van der Waals surface area contributed by atoms with E-state index in [-0.39, 0.29) is 18.3 Å². The molecule has 0 saturated carbocycles. The lowest BCUT2D eigenvalue weighted by molar-refractivity contribution is -0.120. The van der Waals surface area contributed by atoms with Crippen molar-refractivity contribution in [2.75, 3.05) is 19.6 Å². The van der Waals surface area contributed by atoms with Gasteiger partial charge in [0.05, 0.1) is 6.42 Å². The molecule has 1 saturated heterocycles. The molecule has 3 rings (SSSR count). The van der Waals surface area contributed by atoms with Crippen molar-refractivity contribution in [2.45, 2.75) is 19.3 Å². The topological polar surface area (TPSA) is 41.1 Å². The van der Waals surface area contributed by atoms with Gasteiger partial charge in [-0.05, 0) is 48.5 Å². The normalized spacial score (nSPS) is 16.4. The van der Waals surface area contributed by atoms with Crippen LogP contribution in [-0.4, -0.2) is 25.5 Å². The van der Waals surface area contributed by atoms with Crippen LogP contribution in [0.25, 0.3) is 11.1 Å². The first kappa shape index (κ1) is 18.5. The number of hydrogen-bond donors (Lipinski definition) is 2. The zero-order valence-electron chi connectivity index (χ0n) is 13.8. The first-order valence-electron chi connectivity index (χ1n) is 8.43. The first-order chi connectivity index (χ1) is 11.3. The van der Waals surface area contributed by atoms with E-state index < -0.39 is 0 Å². The molecule has 4 heteroatoms. The third kappa shape index (κ3) is 5.36. The Balaban J connectivity index is 0.00000208. The molecule has 24 heavy (non-hydrogen) atoms. The van der Waals surface area contributed by atoms with Crippen molar-refractivity contribution >= 4 is 18.3 Å². The number of benzene rings is 2. The first-order valence-corrected chi connectivity index (χ1v) is 8.43. The van der Waals surface area contributed by atoms with Crippen LogP contribution in [0.3, 0.4) is 0 Å². The van der Waals surface area contributed by atoms with Gasteiger partial charge in [-0.15, -0.1) is 12.4 Å². The number of rotatable bonds is 6. The highest BCUT2D eigenvalue weighted by atomic mass is 35.5. The molecule has 2 aromatic rings. The molecule has 1 atom stereocenters. The Kier molecular flexibility index (Phi) is 7.29. The van der Waals surface area contributed by atoms with Gasteiger partial charge in [0.25, 0.3) is 0 Å². The summed E-state index contributed by atoms with van der Waals surface area (Å²) >= 11 is 0. The van der Waals surface area contributed by atoms with Crippen LogP contribution in [0.5, 0.6) is 0 Å². The molecule has 2 aromatic carbocycles. The lowest BCUT2D eigenvalue weighted by Gasteiger charge is -2.09. The summed E-state index contributed by atoms with van der Waals surface area (Å²) in [5, 5.41) is 6.39. The van der Waals surface area contributed by atoms with Crippen LogP contribution >= 0.6 is 12.4 Å². The lowest BCUT2D eigenvalue weighted by Crippen LogP contribution is -2.27. The second kappa shape index (κ2) is 9.45. The highest BCUT2D eigenvalue weighted by Crippen LogP contribution is 2.19. The Morgan fingerprint density at radius 2 is 1.75 bits per heavy atom. The zero-order valence-corrected chi connectivity index (χ0v) is 14.6. The molecule has 1 aliphatic heterocycles. The second-order valence-corrected chi connectivity index (χ2v) is 6.24. The maximum atomic E-state index is 12.0. The predicted octanol–water partition coefficient (Wildman–Crippen LogP) is 3.43. The molecule has 1 heterocycles. The van der Waals surface area contributed by atoms with Crippen LogP contribution in [0.2, 0.25) is 0 Å². The quantitative estimate of drug-likeness (QED) is 0.843. The highest BCUT2D eigenvalue weighted by Gasteiger charge is 2.14. The van der Waals surface area contributed by atoms with Gasteiger partial charge < -0.3 is 10.6 Å².